The molecule has 2 N–H and O–H groups in total. The van der Waals surface area contributed by atoms with E-state index in [0.717, 1.165) is 38.5 Å². The quantitative estimate of drug-likeness (QED) is 0.754. The van der Waals surface area contributed by atoms with Crippen molar-refractivity contribution in [3.63, 3.8) is 0 Å². The predicted molar refractivity (Wildman–Crippen MR) is 68.5 cm³/mol. The summed E-state index contributed by atoms with van der Waals surface area (Å²) in [6.45, 7) is 8.40. The van der Waals surface area contributed by atoms with Crippen molar-refractivity contribution in [2.45, 2.75) is 45.1 Å². The Labute approximate surface area is 100 Å². The Hall–Kier alpha value is -0.120. The van der Waals surface area contributed by atoms with E-state index in [9.17, 15) is 0 Å². The maximum absolute atomic E-state index is 6.27. The standard InChI is InChI=1S/C13H28N2O/c1-4-7-13(2,14)11-15(3)10-12-5-8-16-9-6-12/h12H,4-11,14H2,1-3H3. The Morgan fingerprint density at radius 3 is 2.56 bits per heavy atom. The molecule has 3 heteroatoms. The van der Waals surface area contributed by atoms with Gasteiger partial charge in [-0.3, -0.25) is 0 Å². The van der Waals surface area contributed by atoms with E-state index in [2.05, 4.69) is 25.8 Å². The van der Waals surface area contributed by atoms with Crippen LogP contribution in [-0.4, -0.2) is 43.8 Å². The fourth-order valence-electron chi connectivity index (χ4n) is 2.70. The Balaban J connectivity index is 2.25. The van der Waals surface area contributed by atoms with Crippen LogP contribution in [0.25, 0.3) is 0 Å². The van der Waals surface area contributed by atoms with Crippen LogP contribution in [0.15, 0.2) is 0 Å². The molecule has 1 rings (SSSR count). The lowest BCUT2D eigenvalue weighted by molar-refractivity contribution is 0.0533. The molecule has 1 fully saturated rings. The van der Waals surface area contributed by atoms with Crippen molar-refractivity contribution < 1.29 is 4.74 Å². The van der Waals surface area contributed by atoms with Gasteiger partial charge >= 0.3 is 0 Å². The molecule has 0 bridgehead atoms. The lowest BCUT2D eigenvalue weighted by Crippen LogP contribution is -2.47. The minimum absolute atomic E-state index is 0.0331. The lowest BCUT2D eigenvalue weighted by Gasteiger charge is -2.33. The molecule has 0 aliphatic carbocycles. The zero-order valence-corrected chi connectivity index (χ0v) is 11.2. The number of hydrogen-bond acceptors (Lipinski definition) is 3. The zero-order valence-electron chi connectivity index (χ0n) is 11.2. The molecule has 0 aromatic heterocycles. The van der Waals surface area contributed by atoms with Crippen LogP contribution in [-0.2, 0) is 4.74 Å². The van der Waals surface area contributed by atoms with E-state index in [0.29, 0.717) is 0 Å². The first-order chi connectivity index (χ1) is 7.53. The van der Waals surface area contributed by atoms with Gasteiger partial charge in [0.25, 0.3) is 0 Å². The summed E-state index contributed by atoms with van der Waals surface area (Å²) in [5.74, 6) is 0.802. The highest BCUT2D eigenvalue weighted by molar-refractivity contribution is 4.82. The van der Waals surface area contributed by atoms with Crippen molar-refractivity contribution in [1.82, 2.24) is 4.90 Å². The van der Waals surface area contributed by atoms with E-state index < -0.39 is 0 Å². The van der Waals surface area contributed by atoms with E-state index >= 15 is 0 Å². The van der Waals surface area contributed by atoms with Gasteiger partial charge in [-0.05, 0) is 39.2 Å². The molecule has 0 saturated carbocycles. The number of likely N-dealkylation sites (N-methyl/N-ethyl adjacent to an activating group) is 1. The molecule has 0 aromatic carbocycles. The van der Waals surface area contributed by atoms with Crippen molar-refractivity contribution in [3.8, 4) is 0 Å². The summed E-state index contributed by atoms with van der Waals surface area (Å²) in [6.07, 6.45) is 4.68. The molecule has 1 unspecified atom stereocenters. The minimum Gasteiger partial charge on any atom is -0.381 e. The Kier molecular flexibility index (Phi) is 5.73. The summed E-state index contributed by atoms with van der Waals surface area (Å²) < 4.78 is 5.38. The first-order valence-electron chi connectivity index (χ1n) is 6.58. The average Bonchev–Trinajstić information content (AvgIpc) is 2.17. The molecule has 3 nitrogen and oxygen atoms in total. The molecule has 1 aliphatic heterocycles. The zero-order chi connectivity index (χ0) is 12.0. The molecular weight excluding hydrogens is 200 g/mol. The van der Waals surface area contributed by atoms with Crippen molar-refractivity contribution in [2.75, 3.05) is 33.4 Å². The maximum atomic E-state index is 6.27. The fourth-order valence-corrected chi connectivity index (χ4v) is 2.70. The van der Waals surface area contributed by atoms with E-state index in [1.807, 2.05) is 0 Å². The second-order valence-corrected chi connectivity index (χ2v) is 5.66. The number of nitrogens with zero attached hydrogens (tertiary/aromatic N) is 1. The normalized spacial score (nSPS) is 22.3. The van der Waals surface area contributed by atoms with Crippen molar-refractivity contribution >= 4 is 0 Å². The van der Waals surface area contributed by atoms with Gasteiger partial charge in [-0.1, -0.05) is 13.3 Å². The smallest absolute Gasteiger partial charge is 0.0469 e. The fraction of sp³-hybridized carbons (Fsp3) is 1.00. The first kappa shape index (κ1) is 13.9. The van der Waals surface area contributed by atoms with Crippen LogP contribution in [0.2, 0.25) is 0 Å². The van der Waals surface area contributed by atoms with Crippen LogP contribution in [0.4, 0.5) is 0 Å². The highest BCUT2D eigenvalue weighted by Gasteiger charge is 2.22. The molecule has 0 amide bonds. The molecule has 96 valence electrons. The maximum Gasteiger partial charge on any atom is 0.0469 e. The van der Waals surface area contributed by atoms with E-state index in [1.165, 1.54) is 19.4 Å². The van der Waals surface area contributed by atoms with Crippen LogP contribution < -0.4 is 5.73 Å². The van der Waals surface area contributed by atoms with Crippen LogP contribution in [0, 0.1) is 5.92 Å². The van der Waals surface area contributed by atoms with Gasteiger partial charge in [0.15, 0.2) is 0 Å². The summed E-state index contributed by atoms with van der Waals surface area (Å²) in [7, 11) is 2.19. The van der Waals surface area contributed by atoms with Gasteiger partial charge < -0.3 is 15.4 Å². The number of hydrogen-bond donors (Lipinski definition) is 1. The number of nitrogens with two attached hydrogens (primary N) is 1. The summed E-state index contributed by atoms with van der Waals surface area (Å²) >= 11 is 0. The Morgan fingerprint density at radius 2 is 2.00 bits per heavy atom. The van der Waals surface area contributed by atoms with Crippen LogP contribution in [0.1, 0.15) is 39.5 Å². The van der Waals surface area contributed by atoms with Crippen molar-refractivity contribution in [1.29, 1.82) is 0 Å². The summed E-state index contributed by atoms with van der Waals surface area (Å²) in [6, 6.07) is 0. The third kappa shape index (κ3) is 5.28. The summed E-state index contributed by atoms with van der Waals surface area (Å²) in [5, 5.41) is 0. The second-order valence-electron chi connectivity index (χ2n) is 5.66. The Bertz CT molecular complexity index is 188. The highest BCUT2D eigenvalue weighted by atomic mass is 16.5. The van der Waals surface area contributed by atoms with Crippen molar-refractivity contribution in [2.24, 2.45) is 11.7 Å². The molecule has 1 saturated heterocycles. The Morgan fingerprint density at radius 1 is 1.38 bits per heavy atom. The molecule has 0 radical (unpaired) electrons. The minimum atomic E-state index is -0.0331. The van der Waals surface area contributed by atoms with Crippen molar-refractivity contribution in [3.05, 3.63) is 0 Å². The number of rotatable bonds is 6. The van der Waals surface area contributed by atoms with Gasteiger partial charge in [0.1, 0.15) is 0 Å². The number of ether oxygens (including phenoxy) is 1. The highest BCUT2D eigenvalue weighted by Crippen LogP contribution is 2.17. The van der Waals surface area contributed by atoms with E-state index in [-0.39, 0.29) is 5.54 Å². The van der Waals surface area contributed by atoms with Crippen LogP contribution in [0.5, 0.6) is 0 Å². The summed E-state index contributed by atoms with van der Waals surface area (Å²) in [5.41, 5.74) is 6.23. The van der Waals surface area contributed by atoms with Gasteiger partial charge in [0.2, 0.25) is 0 Å². The monoisotopic (exact) mass is 228 g/mol. The molecule has 0 spiro atoms. The van der Waals surface area contributed by atoms with Crippen LogP contribution >= 0.6 is 0 Å². The molecule has 1 heterocycles. The van der Waals surface area contributed by atoms with Gasteiger partial charge in [0.05, 0.1) is 0 Å². The predicted octanol–water partition coefficient (Wildman–Crippen LogP) is 1.86. The largest absolute Gasteiger partial charge is 0.381 e. The van der Waals surface area contributed by atoms with Gasteiger partial charge in [-0.15, -0.1) is 0 Å². The third-order valence-electron chi connectivity index (χ3n) is 3.36. The van der Waals surface area contributed by atoms with Crippen LogP contribution in [0.3, 0.4) is 0 Å². The van der Waals surface area contributed by atoms with E-state index in [4.69, 9.17) is 10.5 Å². The third-order valence-corrected chi connectivity index (χ3v) is 3.36. The van der Waals surface area contributed by atoms with Gasteiger partial charge in [-0.25, -0.2) is 0 Å². The molecular formula is C13H28N2O. The molecule has 16 heavy (non-hydrogen) atoms. The first-order valence-corrected chi connectivity index (χ1v) is 6.58. The molecule has 0 aromatic rings. The topological polar surface area (TPSA) is 38.5 Å². The van der Waals surface area contributed by atoms with Gasteiger partial charge in [-0.2, -0.15) is 0 Å². The lowest BCUT2D eigenvalue weighted by atomic mass is 9.95. The average molecular weight is 228 g/mol. The SMILES string of the molecule is CCCC(C)(N)CN(C)CC1CCOCC1. The second kappa shape index (κ2) is 6.58. The van der Waals surface area contributed by atoms with Gasteiger partial charge in [0, 0.05) is 31.8 Å². The molecule has 1 atom stereocenters. The van der Waals surface area contributed by atoms with E-state index in [1.54, 1.807) is 0 Å². The molecule has 1 aliphatic rings. The summed E-state index contributed by atoms with van der Waals surface area (Å²) in [4.78, 5) is 2.39.